The zero-order chi connectivity index (χ0) is 17.2. The van der Waals surface area contributed by atoms with Gasteiger partial charge < -0.3 is 14.6 Å². The molecular formula is C20H22N2O3. The summed E-state index contributed by atoms with van der Waals surface area (Å²) in [7, 11) is 0. The van der Waals surface area contributed by atoms with Crippen LogP contribution < -0.4 is 10.2 Å². The number of carbonyl (C=O) groups is 2. The van der Waals surface area contributed by atoms with Crippen molar-refractivity contribution in [1.82, 2.24) is 0 Å². The lowest BCUT2D eigenvalue weighted by Crippen LogP contribution is -2.35. The number of anilines is 2. The second-order valence-corrected chi connectivity index (χ2v) is 6.85. The number of furan rings is 1. The first-order valence-corrected chi connectivity index (χ1v) is 9.01. The molecule has 2 aromatic rings. The molecular weight excluding hydrogens is 316 g/mol. The number of carbonyl (C=O) groups excluding carboxylic acids is 2. The molecule has 0 saturated heterocycles. The summed E-state index contributed by atoms with van der Waals surface area (Å²) in [5.74, 6) is 0.505. The number of hydrogen-bond donors (Lipinski definition) is 1. The average molecular weight is 338 g/mol. The van der Waals surface area contributed by atoms with Crippen LogP contribution in [0.15, 0.2) is 41.0 Å². The number of nitrogens with one attached hydrogen (secondary N) is 1. The summed E-state index contributed by atoms with van der Waals surface area (Å²) in [5.41, 5.74) is 2.82. The number of rotatable bonds is 3. The van der Waals surface area contributed by atoms with Crippen LogP contribution in [0.4, 0.5) is 11.4 Å². The van der Waals surface area contributed by atoms with Gasteiger partial charge in [0.1, 0.15) is 0 Å². The molecule has 4 rings (SSSR count). The molecule has 1 N–H and O–H groups in total. The van der Waals surface area contributed by atoms with E-state index >= 15 is 0 Å². The SMILES string of the molecule is O=C(Nc1ccc2c(c1)CCCN2C(=O)c1ccco1)C1CCCC1. The summed E-state index contributed by atoms with van der Waals surface area (Å²) in [5, 5.41) is 3.04. The van der Waals surface area contributed by atoms with Crippen LogP contribution in [0.25, 0.3) is 0 Å². The van der Waals surface area contributed by atoms with Crippen LogP contribution >= 0.6 is 0 Å². The van der Waals surface area contributed by atoms with Crippen molar-refractivity contribution in [3.63, 3.8) is 0 Å². The highest BCUT2D eigenvalue weighted by atomic mass is 16.3. The Morgan fingerprint density at radius 1 is 1.12 bits per heavy atom. The fraction of sp³-hybridized carbons (Fsp3) is 0.400. The standard InChI is InChI=1S/C20H22N2O3/c23-19(14-5-1-2-6-14)21-16-9-10-17-15(13-16)7-3-11-22(17)20(24)18-8-4-12-25-18/h4,8-10,12-14H,1-3,5-7,11H2,(H,21,23). The van der Waals surface area contributed by atoms with E-state index in [0.717, 1.165) is 55.5 Å². The first-order chi connectivity index (χ1) is 12.2. The highest BCUT2D eigenvalue weighted by molar-refractivity contribution is 6.05. The maximum Gasteiger partial charge on any atom is 0.293 e. The van der Waals surface area contributed by atoms with Gasteiger partial charge in [0.25, 0.3) is 5.91 Å². The molecule has 130 valence electrons. The van der Waals surface area contributed by atoms with E-state index in [0.29, 0.717) is 12.3 Å². The van der Waals surface area contributed by atoms with Crippen molar-refractivity contribution >= 4 is 23.2 Å². The third kappa shape index (κ3) is 3.18. The van der Waals surface area contributed by atoms with Crippen LogP contribution in [0.5, 0.6) is 0 Å². The maximum atomic E-state index is 12.6. The van der Waals surface area contributed by atoms with Gasteiger partial charge in [0.2, 0.25) is 5.91 Å². The van der Waals surface area contributed by atoms with Crippen molar-refractivity contribution in [2.75, 3.05) is 16.8 Å². The molecule has 2 heterocycles. The molecule has 1 saturated carbocycles. The van der Waals surface area contributed by atoms with E-state index in [1.165, 1.54) is 6.26 Å². The minimum absolute atomic E-state index is 0.117. The second-order valence-electron chi connectivity index (χ2n) is 6.85. The van der Waals surface area contributed by atoms with Crippen molar-refractivity contribution < 1.29 is 14.0 Å². The number of aryl methyl sites for hydroxylation is 1. The van der Waals surface area contributed by atoms with Crippen molar-refractivity contribution in [2.45, 2.75) is 38.5 Å². The van der Waals surface area contributed by atoms with Crippen LogP contribution in [-0.4, -0.2) is 18.4 Å². The van der Waals surface area contributed by atoms with Crippen LogP contribution in [0.2, 0.25) is 0 Å². The van der Waals surface area contributed by atoms with Gasteiger partial charge in [0, 0.05) is 23.8 Å². The normalized spacial score (nSPS) is 17.4. The fourth-order valence-electron chi connectivity index (χ4n) is 3.85. The van der Waals surface area contributed by atoms with E-state index in [1.54, 1.807) is 17.0 Å². The van der Waals surface area contributed by atoms with Crippen molar-refractivity contribution in [2.24, 2.45) is 5.92 Å². The third-order valence-electron chi connectivity index (χ3n) is 5.17. The molecule has 1 aromatic carbocycles. The monoisotopic (exact) mass is 338 g/mol. The molecule has 2 amide bonds. The van der Waals surface area contributed by atoms with Gasteiger partial charge in [-0.1, -0.05) is 12.8 Å². The Balaban J connectivity index is 1.53. The summed E-state index contributed by atoms with van der Waals surface area (Å²) in [6, 6.07) is 9.23. The van der Waals surface area contributed by atoms with Gasteiger partial charge in [0.15, 0.2) is 5.76 Å². The number of fused-ring (bicyclic) bond motifs is 1. The van der Waals surface area contributed by atoms with E-state index in [-0.39, 0.29) is 17.7 Å². The summed E-state index contributed by atoms with van der Waals surface area (Å²) in [6.45, 7) is 0.681. The predicted molar refractivity (Wildman–Crippen MR) is 95.7 cm³/mol. The lowest BCUT2D eigenvalue weighted by Gasteiger charge is -2.29. The Kier molecular flexibility index (Phi) is 4.30. The van der Waals surface area contributed by atoms with Gasteiger partial charge in [-0.3, -0.25) is 9.59 Å². The molecule has 5 heteroatoms. The zero-order valence-corrected chi connectivity index (χ0v) is 14.2. The summed E-state index contributed by atoms with van der Waals surface area (Å²) < 4.78 is 5.25. The number of amides is 2. The Morgan fingerprint density at radius 3 is 2.72 bits per heavy atom. The molecule has 0 spiro atoms. The second kappa shape index (κ2) is 6.75. The smallest absolute Gasteiger partial charge is 0.293 e. The number of benzene rings is 1. The highest BCUT2D eigenvalue weighted by Gasteiger charge is 2.26. The van der Waals surface area contributed by atoms with Crippen LogP contribution in [0.1, 0.15) is 48.2 Å². The minimum atomic E-state index is -0.117. The summed E-state index contributed by atoms with van der Waals surface area (Å²) >= 11 is 0. The summed E-state index contributed by atoms with van der Waals surface area (Å²) in [6.07, 6.45) is 7.59. The van der Waals surface area contributed by atoms with E-state index in [1.807, 2.05) is 18.2 Å². The predicted octanol–water partition coefficient (Wildman–Crippen LogP) is 4.00. The quantitative estimate of drug-likeness (QED) is 0.920. The van der Waals surface area contributed by atoms with E-state index < -0.39 is 0 Å². The molecule has 2 aliphatic rings. The van der Waals surface area contributed by atoms with Crippen LogP contribution in [0, 0.1) is 5.92 Å². The Bertz CT molecular complexity index is 776. The van der Waals surface area contributed by atoms with Gasteiger partial charge in [0.05, 0.1) is 6.26 Å². The lowest BCUT2D eigenvalue weighted by molar-refractivity contribution is -0.119. The first-order valence-electron chi connectivity index (χ1n) is 9.01. The molecule has 5 nitrogen and oxygen atoms in total. The van der Waals surface area contributed by atoms with Crippen LogP contribution in [0.3, 0.4) is 0 Å². The molecule has 0 unspecified atom stereocenters. The lowest BCUT2D eigenvalue weighted by atomic mass is 10.00. The van der Waals surface area contributed by atoms with Gasteiger partial charge in [-0.2, -0.15) is 0 Å². The maximum absolute atomic E-state index is 12.6. The van der Waals surface area contributed by atoms with Crippen molar-refractivity contribution in [3.05, 3.63) is 47.9 Å². The topological polar surface area (TPSA) is 62.6 Å². The number of hydrogen-bond acceptors (Lipinski definition) is 3. The first kappa shape index (κ1) is 15.9. The van der Waals surface area contributed by atoms with Crippen molar-refractivity contribution in [1.29, 1.82) is 0 Å². The van der Waals surface area contributed by atoms with E-state index in [4.69, 9.17) is 4.42 Å². The van der Waals surface area contributed by atoms with Crippen molar-refractivity contribution in [3.8, 4) is 0 Å². The zero-order valence-electron chi connectivity index (χ0n) is 14.2. The molecule has 0 atom stereocenters. The van der Waals surface area contributed by atoms with Crippen LogP contribution in [-0.2, 0) is 11.2 Å². The molecule has 1 aliphatic carbocycles. The Hall–Kier alpha value is -2.56. The molecule has 25 heavy (non-hydrogen) atoms. The Labute approximate surface area is 147 Å². The van der Waals surface area contributed by atoms with E-state index in [2.05, 4.69) is 5.32 Å². The Morgan fingerprint density at radius 2 is 1.96 bits per heavy atom. The third-order valence-corrected chi connectivity index (χ3v) is 5.17. The molecule has 0 bridgehead atoms. The molecule has 1 fully saturated rings. The fourth-order valence-corrected chi connectivity index (χ4v) is 3.85. The van der Waals surface area contributed by atoms with Gasteiger partial charge in [-0.15, -0.1) is 0 Å². The van der Waals surface area contributed by atoms with E-state index in [9.17, 15) is 9.59 Å². The minimum Gasteiger partial charge on any atom is -0.459 e. The highest BCUT2D eigenvalue weighted by Crippen LogP contribution is 2.32. The largest absolute Gasteiger partial charge is 0.459 e. The van der Waals surface area contributed by atoms with Gasteiger partial charge >= 0.3 is 0 Å². The molecule has 0 radical (unpaired) electrons. The average Bonchev–Trinajstić information content (AvgIpc) is 3.33. The van der Waals surface area contributed by atoms with Gasteiger partial charge in [-0.05, 0) is 61.6 Å². The summed E-state index contributed by atoms with van der Waals surface area (Å²) in [4.78, 5) is 26.7. The number of nitrogens with zero attached hydrogens (tertiary/aromatic N) is 1. The van der Waals surface area contributed by atoms with Gasteiger partial charge in [-0.25, -0.2) is 0 Å². The molecule has 1 aromatic heterocycles. The molecule has 1 aliphatic heterocycles.